The number of carbonyl (C=O) groups is 2. The summed E-state index contributed by atoms with van der Waals surface area (Å²) in [5.41, 5.74) is 2.59. The van der Waals surface area contributed by atoms with Crippen LogP contribution in [0.3, 0.4) is 0 Å². The summed E-state index contributed by atoms with van der Waals surface area (Å²) < 4.78 is 17.3. The summed E-state index contributed by atoms with van der Waals surface area (Å²) in [4.78, 5) is 27.4. The van der Waals surface area contributed by atoms with Crippen molar-refractivity contribution < 1.29 is 49.3 Å². The van der Waals surface area contributed by atoms with Crippen molar-refractivity contribution in [1.29, 1.82) is 0 Å². The Labute approximate surface area is 231 Å². The molecule has 3 aliphatic rings. The molecule has 1 fully saturated rings. The van der Waals surface area contributed by atoms with Gasteiger partial charge in [0.15, 0.2) is 12.1 Å². The maximum Gasteiger partial charge on any atom is 0.202 e. The summed E-state index contributed by atoms with van der Waals surface area (Å²) in [7, 11) is 1.35. The number of aromatic hydroxyl groups is 2. The number of phenolic OH excluding ortho intramolecular Hbond substituents is 2. The molecule has 6 unspecified atom stereocenters. The Morgan fingerprint density at radius 1 is 1.12 bits per heavy atom. The van der Waals surface area contributed by atoms with Crippen LogP contribution < -0.4 is 10.5 Å². The van der Waals surface area contributed by atoms with Crippen LogP contribution in [0, 0.1) is 5.41 Å². The lowest BCUT2D eigenvalue weighted by atomic mass is 9.64. The van der Waals surface area contributed by atoms with Crippen LogP contribution in [0.5, 0.6) is 17.2 Å². The van der Waals surface area contributed by atoms with Gasteiger partial charge in [-0.2, -0.15) is 0 Å². The Morgan fingerprint density at radius 2 is 1.80 bits per heavy atom. The first kappa shape index (κ1) is 28.5. The monoisotopic (exact) mass is 557 g/mol. The van der Waals surface area contributed by atoms with E-state index in [4.69, 9.17) is 19.9 Å². The standard InChI is InChI=1S/C29H35NO10/c1-12-23(32)15(30)8-18(39-12)40-17-10-29(37,28(2,3)11-31)9-14-20(17)27(36)22-21(25(14)34)24(33)13-6-5-7-16(38-4)19(13)26(22)35/h5-7,12,15,17-18,23,31-32,34,36-37H,8-11,30H2,1-4H3. The average molecular weight is 558 g/mol. The van der Waals surface area contributed by atoms with Gasteiger partial charge in [-0.3, -0.25) is 9.59 Å². The Bertz CT molecular complexity index is 1380. The first-order chi connectivity index (χ1) is 18.8. The fourth-order valence-corrected chi connectivity index (χ4v) is 6.05. The second-order valence-corrected chi connectivity index (χ2v) is 11.6. The highest BCUT2D eigenvalue weighted by molar-refractivity contribution is 6.31. The van der Waals surface area contributed by atoms with Crippen LogP contribution in [0.15, 0.2) is 18.2 Å². The zero-order valence-electron chi connectivity index (χ0n) is 22.8. The Morgan fingerprint density at radius 3 is 2.42 bits per heavy atom. The van der Waals surface area contributed by atoms with Gasteiger partial charge < -0.3 is 45.5 Å². The fraction of sp³-hybridized carbons (Fsp3) is 0.517. The van der Waals surface area contributed by atoms with Crippen molar-refractivity contribution in [1.82, 2.24) is 0 Å². The van der Waals surface area contributed by atoms with Crippen LogP contribution in [0.1, 0.15) is 82.7 Å². The molecule has 0 amide bonds. The highest BCUT2D eigenvalue weighted by Gasteiger charge is 2.52. The number of carbonyl (C=O) groups excluding carboxylic acids is 2. The van der Waals surface area contributed by atoms with Crippen molar-refractivity contribution in [2.24, 2.45) is 11.1 Å². The van der Waals surface area contributed by atoms with E-state index in [0.717, 1.165) is 0 Å². The number of methoxy groups -OCH3 is 1. The second kappa shape index (κ2) is 9.79. The predicted molar refractivity (Wildman–Crippen MR) is 141 cm³/mol. The quantitative estimate of drug-likeness (QED) is 0.249. The van der Waals surface area contributed by atoms with Crippen molar-refractivity contribution in [3.05, 3.63) is 51.6 Å². The van der Waals surface area contributed by atoms with Gasteiger partial charge in [-0.25, -0.2) is 0 Å². The van der Waals surface area contributed by atoms with Crippen molar-refractivity contribution in [3.8, 4) is 17.2 Å². The number of rotatable bonds is 5. The fourth-order valence-electron chi connectivity index (χ4n) is 6.05. The Hall–Kier alpha value is -3.06. The molecule has 6 atom stereocenters. The second-order valence-electron chi connectivity index (χ2n) is 11.6. The lowest BCUT2D eigenvalue weighted by molar-refractivity contribution is -0.252. The van der Waals surface area contributed by atoms with E-state index in [9.17, 15) is 35.1 Å². The van der Waals surface area contributed by atoms with Gasteiger partial charge in [-0.05, 0) is 13.0 Å². The van der Waals surface area contributed by atoms with Gasteiger partial charge in [0.2, 0.25) is 5.78 Å². The summed E-state index contributed by atoms with van der Waals surface area (Å²) in [6, 6.07) is 3.83. The van der Waals surface area contributed by atoms with E-state index in [2.05, 4.69) is 0 Å². The molecule has 11 heteroatoms. The lowest BCUT2D eigenvalue weighted by Gasteiger charge is -2.48. The molecule has 40 heavy (non-hydrogen) atoms. The smallest absolute Gasteiger partial charge is 0.202 e. The van der Waals surface area contributed by atoms with Crippen LogP contribution in [0.2, 0.25) is 0 Å². The summed E-state index contributed by atoms with van der Waals surface area (Å²) in [6.45, 7) is 4.51. The zero-order valence-corrected chi connectivity index (χ0v) is 22.8. The molecule has 1 heterocycles. The lowest BCUT2D eigenvalue weighted by Crippen LogP contribution is -2.54. The predicted octanol–water partition coefficient (Wildman–Crippen LogP) is 1.46. The summed E-state index contributed by atoms with van der Waals surface area (Å²) in [5, 5.41) is 55.3. The highest BCUT2D eigenvalue weighted by atomic mass is 16.7. The van der Waals surface area contributed by atoms with Gasteiger partial charge in [0, 0.05) is 47.4 Å². The third-order valence-corrected chi connectivity index (χ3v) is 8.80. The van der Waals surface area contributed by atoms with Crippen molar-refractivity contribution in [3.63, 3.8) is 0 Å². The molecule has 0 aromatic heterocycles. The van der Waals surface area contributed by atoms with Crippen molar-refractivity contribution >= 4 is 11.6 Å². The molecule has 216 valence electrons. The third kappa shape index (κ3) is 4.11. The van der Waals surface area contributed by atoms with Crippen LogP contribution >= 0.6 is 0 Å². The number of hydrogen-bond donors (Lipinski definition) is 6. The van der Waals surface area contributed by atoms with E-state index >= 15 is 0 Å². The summed E-state index contributed by atoms with van der Waals surface area (Å²) >= 11 is 0. The molecule has 5 rings (SSSR count). The summed E-state index contributed by atoms with van der Waals surface area (Å²) in [5.74, 6) is -2.36. The molecular weight excluding hydrogens is 522 g/mol. The number of nitrogens with two attached hydrogens (primary N) is 1. The third-order valence-electron chi connectivity index (χ3n) is 8.80. The van der Waals surface area contributed by atoms with Gasteiger partial charge >= 0.3 is 0 Å². The molecule has 0 spiro atoms. The number of aliphatic hydroxyl groups excluding tert-OH is 2. The molecule has 2 aromatic carbocycles. The Balaban J connectivity index is 1.70. The van der Waals surface area contributed by atoms with Crippen LogP contribution in [-0.4, -0.2) is 81.0 Å². The first-order valence-corrected chi connectivity index (χ1v) is 13.2. The highest BCUT2D eigenvalue weighted by Crippen LogP contribution is 2.55. The van der Waals surface area contributed by atoms with Gasteiger partial charge in [0.1, 0.15) is 17.2 Å². The minimum absolute atomic E-state index is 0.0122. The van der Waals surface area contributed by atoms with E-state index < -0.39 is 71.3 Å². The van der Waals surface area contributed by atoms with E-state index in [1.165, 1.54) is 19.2 Å². The van der Waals surface area contributed by atoms with Crippen LogP contribution in [0.25, 0.3) is 0 Å². The molecule has 1 saturated heterocycles. The van der Waals surface area contributed by atoms with Gasteiger partial charge in [0.25, 0.3) is 0 Å². The molecule has 2 aliphatic carbocycles. The number of fused-ring (bicyclic) bond motifs is 3. The normalized spacial score (nSPS) is 29.9. The largest absolute Gasteiger partial charge is 0.507 e. The maximum absolute atomic E-state index is 13.7. The number of hydrogen-bond acceptors (Lipinski definition) is 11. The van der Waals surface area contributed by atoms with E-state index in [0.29, 0.717) is 0 Å². The minimum atomic E-state index is -1.66. The van der Waals surface area contributed by atoms with Gasteiger partial charge in [-0.1, -0.05) is 26.0 Å². The number of phenols is 2. The number of benzene rings is 2. The summed E-state index contributed by atoms with van der Waals surface area (Å²) in [6.07, 6.45) is -3.98. The van der Waals surface area contributed by atoms with E-state index in [1.807, 2.05) is 0 Å². The van der Waals surface area contributed by atoms with E-state index in [1.54, 1.807) is 26.8 Å². The van der Waals surface area contributed by atoms with Crippen LogP contribution in [0.4, 0.5) is 0 Å². The number of aliphatic hydroxyl groups is 3. The van der Waals surface area contributed by atoms with Crippen molar-refractivity contribution in [2.75, 3.05) is 13.7 Å². The maximum atomic E-state index is 13.7. The molecule has 0 saturated carbocycles. The Kier molecular flexibility index (Phi) is 6.97. The molecular formula is C29H35NO10. The molecule has 0 radical (unpaired) electrons. The molecule has 11 nitrogen and oxygen atoms in total. The van der Waals surface area contributed by atoms with Crippen LogP contribution in [-0.2, 0) is 15.9 Å². The average Bonchev–Trinajstić information content (AvgIpc) is 2.91. The number of ether oxygens (including phenoxy) is 3. The van der Waals surface area contributed by atoms with Gasteiger partial charge in [-0.15, -0.1) is 0 Å². The molecule has 1 aliphatic heterocycles. The number of ketones is 2. The molecule has 7 N–H and O–H groups in total. The topological polar surface area (TPSA) is 189 Å². The SMILES string of the molecule is COc1cccc2c1C(=O)c1c(O)c3c(c(O)c1C2=O)CC(O)(C(C)(C)CO)CC3OC1CC(N)C(O)C(C)O1. The van der Waals surface area contributed by atoms with Crippen molar-refractivity contribution in [2.45, 2.75) is 76.3 Å². The van der Waals surface area contributed by atoms with Gasteiger partial charge in [0.05, 0.1) is 54.3 Å². The first-order valence-electron chi connectivity index (χ1n) is 13.2. The molecule has 0 bridgehead atoms. The minimum Gasteiger partial charge on any atom is -0.507 e. The zero-order chi connectivity index (χ0) is 29.3. The van der Waals surface area contributed by atoms with E-state index in [-0.39, 0.29) is 58.4 Å². The molecule has 2 aromatic rings.